The van der Waals surface area contributed by atoms with Crippen molar-refractivity contribution in [1.82, 2.24) is 10.6 Å². The quantitative estimate of drug-likeness (QED) is 0.637. The number of carbonyl (C=O) groups is 1. The number of hydrogen-bond donors (Lipinski definition) is 3. The molecule has 98 valence electrons. The minimum Gasteiger partial charge on any atom is -0.389 e. The fourth-order valence-corrected chi connectivity index (χ4v) is 2.65. The van der Waals surface area contributed by atoms with Crippen LogP contribution in [0.15, 0.2) is 0 Å². The van der Waals surface area contributed by atoms with Gasteiger partial charge in [-0.1, -0.05) is 12.8 Å². The first kappa shape index (κ1) is 12.8. The third-order valence-electron chi connectivity index (χ3n) is 3.64. The SMILES string of the molecule is CC(=O)NC[C@H]1OC[C@@H](NC2CCCC2)[C@@H]1O. The highest BCUT2D eigenvalue weighted by atomic mass is 16.5. The van der Waals surface area contributed by atoms with Crippen LogP contribution >= 0.6 is 0 Å². The second kappa shape index (κ2) is 5.80. The Hall–Kier alpha value is -0.650. The Labute approximate surface area is 102 Å². The second-order valence-corrected chi connectivity index (χ2v) is 5.05. The zero-order chi connectivity index (χ0) is 12.3. The van der Waals surface area contributed by atoms with Crippen LogP contribution < -0.4 is 10.6 Å². The van der Waals surface area contributed by atoms with Gasteiger partial charge in [0.05, 0.1) is 18.8 Å². The van der Waals surface area contributed by atoms with Gasteiger partial charge in [0.25, 0.3) is 0 Å². The Balaban J connectivity index is 1.75. The average Bonchev–Trinajstić information content (AvgIpc) is 2.89. The van der Waals surface area contributed by atoms with Gasteiger partial charge < -0.3 is 20.5 Å². The lowest BCUT2D eigenvalue weighted by Crippen LogP contribution is -2.47. The third kappa shape index (κ3) is 3.40. The highest BCUT2D eigenvalue weighted by Gasteiger charge is 2.37. The van der Waals surface area contributed by atoms with E-state index in [1.54, 1.807) is 0 Å². The lowest BCUT2D eigenvalue weighted by Gasteiger charge is -2.22. The minimum absolute atomic E-state index is 0.0110. The summed E-state index contributed by atoms with van der Waals surface area (Å²) in [6.45, 7) is 2.39. The summed E-state index contributed by atoms with van der Waals surface area (Å²) in [5.74, 6) is -0.0898. The normalized spacial score (nSPS) is 34.1. The monoisotopic (exact) mass is 242 g/mol. The van der Waals surface area contributed by atoms with Crippen molar-refractivity contribution in [3.63, 3.8) is 0 Å². The molecule has 1 saturated carbocycles. The summed E-state index contributed by atoms with van der Waals surface area (Å²) in [5.41, 5.74) is 0. The van der Waals surface area contributed by atoms with Crippen molar-refractivity contribution in [3.8, 4) is 0 Å². The molecule has 0 aromatic heterocycles. The van der Waals surface area contributed by atoms with E-state index in [0.717, 1.165) is 0 Å². The molecule has 0 aromatic rings. The van der Waals surface area contributed by atoms with Crippen LogP contribution in [0.4, 0.5) is 0 Å². The maximum Gasteiger partial charge on any atom is 0.216 e. The van der Waals surface area contributed by atoms with Gasteiger partial charge >= 0.3 is 0 Å². The topological polar surface area (TPSA) is 70.6 Å². The standard InChI is InChI=1S/C12H22N2O3/c1-8(15)13-6-11-12(16)10(7-17-11)14-9-4-2-3-5-9/h9-12,14,16H,2-7H2,1H3,(H,13,15)/t10-,11-,12+/m1/s1. The summed E-state index contributed by atoms with van der Waals surface area (Å²) in [7, 11) is 0. The number of nitrogens with one attached hydrogen (secondary N) is 2. The van der Waals surface area contributed by atoms with Crippen LogP contribution in [0.2, 0.25) is 0 Å². The van der Waals surface area contributed by atoms with Gasteiger partial charge in [-0.15, -0.1) is 0 Å². The van der Waals surface area contributed by atoms with Gasteiger partial charge in [0.15, 0.2) is 0 Å². The molecule has 1 aliphatic carbocycles. The van der Waals surface area contributed by atoms with E-state index in [4.69, 9.17) is 4.74 Å². The van der Waals surface area contributed by atoms with Gasteiger partial charge in [0.1, 0.15) is 6.10 Å². The predicted octanol–water partition coefficient (Wildman–Crippen LogP) is -0.217. The maximum atomic E-state index is 10.8. The van der Waals surface area contributed by atoms with Gasteiger partial charge in [-0.2, -0.15) is 0 Å². The summed E-state index contributed by atoms with van der Waals surface area (Å²) in [6.07, 6.45) is 4.13. The molecule has 2 fully saturated rings. The average molecular weight is 242 g/mol. The zero-order valence-corrected chi connectivity index (χ0v) is 10.3. The first-order valence-corrected chi connectivity index (χ1v) is 6.47. The van der Waals surface area contributed by atoms with Crippen LogP contribution in [0.3, 0.4) is 0 Å². The number of amides is 1. The first-order chi connectivity index (χ1) is 8.16. The number of carbonyl (C=O) groups excluding carboxylic acids is 1. The molecule has 0 unspecified atom stereocenters. The Morgan fingerprint density at radius 2 is 2.12 bits per heavy atom. The molecule has 0 spiro atoms. The highest BCUT2D eigenvalue weighted by molar-refractivity contribution is 5.72. The molecule has 5 nitrogen and oxygen atoms in total. The van der Waals surface area contributed by atoms with Crippen molar-refractivity contribution in [2.24, 2.45) is 0 Å². The van der Waals surface area contributed by atoms with Gasteiger partial charge in [-0.05, 0) is 12.8 Å². The van der Waals surface area contributed by atoms with Gasteiger partial charge in [0.2, 0.25) is 5.91 Å². The Kier molecular flexibility index (Phi) is 4.36. The number of aliphatic hydroxyl groups is 1. The maximum absolute atomic E-state index is 10.8. The van der Waals surface area contributed by atoms with Crippen molar-refractivity contribution in [1.29, 1.82) is 0 Å². The zero-order valence-electron chi connectivity index (χ0n) is 10.3. The summed E-state index contributed by atoms with van der Waals surface area (Å²) in [4.78, 5) is 10.8. The van der Waals surface area contributed by atoms with Crippen LogP contribution in [0.1, 0.15) is 32.6 Å². The van der Waals surface area contributed by atoms with Gasteiger partial charge in [0, 0.05) is 19.5 Å². The molecule has 3 atom stereocenters. The fraction of sp³-hybridized carbons (Fsp3) is 0.917. The van der Waals surface area contributed by atoms with E-state index in [1.807, 2.05) is 0 Å². The van der Waals surface area contributed by atoms with E-state index in [0.29, 0.717) is 19.2 Å². The van der Waals surface area contributed by atoms with Crippen LogP contribution in [0.25, 0.3) is 0 Å². The van der Waals surface area contributed by atoms with Crippen molar-refractivity contribution >= 4 is 5.91 Å². The summed E-state index contributed by atoms with van der Waals surface area (Å²) in [6, 6.07) is 0.537. The van der Waals surface area contributed by atoms with E-state index in [-0.39, 0.29) is 18.1 Å². The van der Waals surface area contributed by atoms with Gasteiger partial charge in [-0.25, -0.2) is 0 Å². The summed E-state index contributed by atoms with van der Waals surface area (Å²) in [5, 5.41) is 16.2. The Morgan fingerprint density at radius 3 is 2.76 bits per heavy atom. The van der Waals surface area contributed by atoms with E-state index < -0.39 is 6.10 Å². The molecule has 0 radical (unpaired) electrons. The molecule has 17 heavy (non-hydrogen) atoms. The number of rotatable bonds is 4. The predicted molar refractivity (Wildman–Crippen MR) is 63.6 cm³/mol. The molecular formula is C12H22N2O3. The molecule has 2 rings (SSSR count). The molecule has 1 heterocycles. The molecule has 1 saturated heterocycles. The van der Waals surface area contributed by atoms with Crippen molar-refractivity contribution in [3.05, 3.63) is 0 Å². The van der Waals surface area contributed by atoms with Crippen molar-refractivity contribution in [2.45, 2.75) is 56.9 Å². The van der Waals surface area contributed by atoms with Crippen LogP contribution in [-0.4, -0.2) is 48.5 Å². The van der Waals surface area contributed by atoms with E-state index >= 15 is 0 Å². The van der Waals surface area contributed by atoms with Crippen molar-refractivity contribution in [2.75, 3.05) is 13.2 Å². The fourth-order valence-electron chi connectivity index (χ4n) is 2.65. The van der Waals surface area contributed by atoms with Crippen LogP contribution in [0.5, 0.6) is 0 Å². The van der Waals surface area contributed by atoms with Gasteiger partial charge in [-0.3, -0.25) is 4.79 Å². The van der Waals surface area contributed by atoms with E-state index in [2.05, 4.69) is 10.6 Å². The molecule has 1 amide bonds. The smallest absolute Gasteiger partial charge is 0.216 e. The summed E-state index contributed by atoms with van der Waals surface area (Å²) >= 11 is 0. The van der Waals surface area contributed by atoms with Crippen molar-refractivity contribution < 1.29 is 14.6 Å². The minimum atomic E-state index is -0.526. The second-order valence-electron chi connectivity index (χ2n) is 5.05. The third-order valence-corrected chi connectivity index (χ3v) is 3.64. The van der Waals surface area contributed by atoms with E-state index in [1.165, 1.54) is 32.6 Å². The molecule has 5 heteroatoms. The van der Waals surface area contributed by atoms with Crippen LogP contribution in [-0.2, 0) is 9.53 Å². The first-order valence-electron chi connectivity index (χ1n) is 6.47. The molecule has 0 bridgehead atoms. The largest absolute Gasteiger partial charge is 0.389 e. The molecule has 2 aliphatic rings. The molecule has 0 aromatic carbocycles. The van der Waals surface area contributed by atoms with Crippen LogP contribution in [0, 0.1) is 0 Å². The Bertz CT molecular complexity index is 266. The summed E-state index contributed by atoms with van der Waals surface area (Å²) < 4.78 is 5.51. The number of ether oxygens (including phenoxy) is 1. The molecule has 3 N–H and O–H groups in total. The molecule has 1 aliphatic heterocycles. The number of aliphatic hydroxyl groups excluding tert-OH is 1. The number of hydrogen-bond acceptors (Lipinski definition) is 4. The van der Waals surface area contributed by atoms with E-state index in [9.17, 15) is 9.90 Å². The lowest BCUT2D eigenvalue weighted by molar-refractivity contribution is -0.119. The lowest BCUT2D eigenvalue weighted by atomic mass is 10.1. The Morgan fingerprint density at radius 1 is 1.41 bits per heavy atom. The molecular weight excluding hydrogens is 220 g/mol. The highest BCUT2D eigenvalue weighted by Crippen LogP contribution is 2.21.